The lowest BCUT2D eigenvalue weighted by atomic mass is 9.93. The van der Waals surface area contributed by atoms with E-state index in [1.54, 1.807) is 0 Å². The van der Waals surface area contributed by atoms with Gasteiger partial charge in [-0.15, -0.1) is 5.75 Å². The predicted molar refractivity (Wildman–Crippen MR) is 237 cm³/mol. The summed E-state index contributed by atoms with van der Waals surface area (Å²) in [5.41, 5.74) is 17.9. The number of hydrogen-bond acceptors (Lipinski definition) is 3. The third-order valence-electron chi connectivity index (χ3n) is 11.0. The minimum absolute atomic E-state index is 0.0670. The Labute approximate surface area is 339 Å². The van der Waals surface area contributed by atoms with Gasteiger partial charge in [-0.05, 0) is 109 Å². The average molecular weight is 754 g/mol. The highest BCUT2D eigenvalue weighted by Crippen LogP contribution is 2.51. The first-order valence-corrected chi connectivity index (χ1v) is 19.7. The molecule has 7 aromatic rings. The molecule has 0 aromatic heterocycles. The van der Waals surface area contributed by atoms with Crippen LogP contribution in [0.1, 0.15) is 72.3 Å². The molecule has 0 spiro atoms. The van der Waals surface area contributed by atoms with Crippen LogP contribution in [0.4, 0.5) is 22.7 Å². The van der Waals surface area contributed by atoms with Crippen molar-refractivity contribution in [2.45, 2.75) is 75.2 Å². The fourth-order valence-corrected chi connectivity index (χ4v) is 7.89. The number of hydrogen-bond donors (Lipinski definition) is 2. The number of phenolic OH excluding ortho intramolecular Hbond substituents is 2. The molecule has 0 saturated heterocycles. The van der Waals surface area contributed by atoms with E-state index in [2.05, 4.69) is 125 Å². The molecule has 57 heavy (non-hydrogen) atoms. The zero-order valence-electron chi connectivity index (χ0n) is 34.9. The molecule has 290 valence electrons. The predicted octanol–water partition coefficient (Wildman–Crippen LogP) is 13.1. The molecule has 0 radical (unpaired) electrons. The molecule has 7 rings (SSSR count). The van der Waals surface area contributed by atoms with Crippen LogP contribution >= 0.6 is 0 Å². The van der Waals surface area contributed by atoms with Gasteiger partial charge in [-0.25, -0.2) is 0 Å². The van der Waals surface area contributed by atoms with Gasteiger partial charge in [0.15, 0.2) is 0 Å². The summed E-state index contributed by atoms with van der Waals surface area (Å²) in [6.45, 7) is 18.1. The van der Waals surface area contributed by atoms with Crippen LogP contribution in [0.2, 0.25) is 0 Å². The number of nitrogens with zero attached hydrogens (tertiary/aromatic N) is 1. The second-order valence-electron chi connectivity index (χ2n) is 15.9. The first-order chi connectivity index (χ1) is 27.1. The van der Waals surface area contributed by atoms with Crippen molar-refractivity contribution in [1.82, 2.24) is 4.48 Å². The summed E-state index contributed by atoms with van der Waals surface area (Å²) >= 11 is 0. The van der Waals surface area contributed by atoms with E-state index in [4.69, 9.17) is 0 Å². The summed E-state index contributed by atoms with van der Waals surface area (Å²) in [5.74, 6) is 0.695. The van der Waals surface area contributed by atoms with Gasteiger partial charge in [0.05, 0.1) is 0 Å². The van der Waals surface area contributed by atoms with Gasteiger partial charge >= 0.3 is 0 Å². The van der Waals surface area contributed by atoms with Crippen molar-refractivity contribution in [3.05, 3.63) is 206 Å². The van der Waals surface area contributed by atoms with Gasteiger partial charge in [-0.2, -0.15) is 4.48 Å². The highest BCUT2D eigenvalue weighted by molar-refractivity contribution is 5.81. The molecule has 2 N–H and O–H groups in total. The van der Waals surface area contributed by atoms with Crippen molar-refractivity contribution in [3.8, 4) is 17.2 Å². The lowest BCUT2D eigenvalue weighted by molar-refractivity contribution is -0.270. The van der Waals surface area contributed by atoms with E-state index in [1.165, 1.54) is 45.0 Å². The van der Waals surface area contributed by atoms with E-state index in [9.17, 15) is 15.3 Å². The molecule has 4 heteroatoms. The highest BCUT2D eigenvalue weighted by atomic mass is 16.3. The molecular formula is C53H55NO3. The van der Waals surface area contributed by atoms with Crippen molar-refractivity contribution >= 4 is 22.7 Å². The van der Waals surface area contributed by atoms with Crippen LogP contribution in [-0.4, -0.2) is 10.2 Å². The fraction of sp³-hybridized carbons (Fsp3) is 0.208. The second-order valence-corrected chi connectivity index (χ2v) is 15.9. The van der Waals surface area contributed by atoms with E-state index >= 15 is 0 Å². The molecule has 0 fully saturated rings. The first kappa shape index (κ1) is 40.6. The number of benzene rings is 7. The van der Waals surface area contributed by atoms with E-state index in [-0.39, 0.29) is 5.75 Å². The van der Waals surface area contributed by atoms with Crippen molar-refractivity contribution in [2.75, 3.05) is 0 Å². The van der Waals surface area contributed by atoms with Crippen LogP contribution < -0.4 is 9.59 Å². The second kappa shape index (κ2) is 17.0. The van der Waals surface area contributed by atoms with Gasteiger partial charge in [0.25, 0.3) is 0 Å². The van der Waals surface area contributed by atoms with Gasteiger partial charge in [0.2, 0.25) is 0 Å². The molecule has 0 unspecified atom stereocenters. The van der Waals surface area contributed by atoms with Gasteiger partial charge in [-0.1, -0.05) is 124 Å². The van der Waals surface area contributed by atoms with Crippen molar-refractivity contribution < 1.29 is 15.3 Å². The largest absolute Gasteiger partial charge is 0.872 e. The van der Waals surface area contributed by atoms with Crippen LogP contribution in [0.5, 0.6) is 17.2 Å². The Morgan fingerprint density at radius 1 is 0.368 bits per heavy atom. The summed E-state index contributed by atoms with van der Waals surface area (Å²) in [6, 6.07) is 47.4. The molecule has 4 nitrogen and oxygen atoms in total. The van der Waals surface area contributed by atoms with Gasteiger partial charge in [0, 0.05) is 48.5 Å². The number of aryl methyl sites for hydroxylation is 9. The van der Waals surface area contributed by atoms with Crippen molar-refractivity contribution in [3.63, 3.8) is 0 Å². The lowest BCUT2D eigenvalue weighted by Crippen LogP contribution is -2.33. The van der Waals surface area contributed by atoms with E-state index < -0.39 is 0 Å². The Bertz CT molecular complexity index is 2180. The first-order valence-electron chi connectivity index (χ1n) is 19.7. The van der Waals surface area contributed by atoms with Gasteiger partial charge in [0.1, 0.15) is 34.2 Å². The molecule has 0 saturated carbocycles. The lowest BCUT2D eigenvalue weighted by Gasteiger charge is -2.37. The van der Waals surface area contributed by atoms with Gasteiger partial charge in [-0.3, -0.25) is 0 Å². The number of rotatable bonds is 8. The Balaban J connectivity index is 0.000000193. The topological polar surface area (TPSA) is 63.5 Å². The van der Waals surface area contributed by atoms with Crippen LogP contribution in [0, 0.1) is 62.3 Å². The minimum atomic E-state index is 0.0670. The van der Waals surface area contributed by atoms with E-state index in [0.29, 0.717) is 28.8 Å². The molecule has 0 aliphatic rings. The maximum Gasteiger partial charge on any atom is 0.148 e. The van der Waals surface area contributed by atoms with Crippen molar-refractivity contribution in [1.29, 1.82) is 0 Å². The number of quaternary nitrogens is 1. The molecule has 0 atom stereocenters. The Hall–Kier alpha value is -6.10. The third kappa shape index (κ3) is 8.83. The summed E-state index contributed by atoms with van der Waals surface area (Å²) in [7, 11) is 0. The number of aromatic hydroxyl groups is 2. The monoisotopic (exact) mass is 753 g/mol. The molecule has 0 bridgehead atoms. The van der Waals surface area contributed by atoms with E-state index in [0.717, 1.165) is 50.1 Å². The normalized spacial score (nSPS) is 11.2. The molecule has 0 aliphatic heterocycles. The Morgan fingerprint density at radius 2 is 0.614 bits per heavy atom. The van der Waals surface area contributed by atoms with Crippen molar-refractivity contribution in [2.24, 2.45) is 0 Å². The zero-order valence-corrected chi connectivity index (χ0v) is 34.9. The average Bonchev–Trinajstić information content (AvgIpc) is 3.18. The van der Waals surface area contributed by atoms with Crippen LogP contribution in [0.15, 0.2) is 133 Å². The molecule has 0 amide bonds. The summed E-state index contributed by atoms with van der Waals surface area (Å²) in [4.78, 5) is 0. The maximum atomic E-state index is 13.1. The Morgan fingerprint density at radius 3 is 0.860 bits per heavy atom. The quantitative estimate of drug-likeness (QED) is 0.152. The molecule has 0 heterocycles. The minimum Gasteiger partial charge on any atom is -0.872 e. The smallest absolute Gasteiger partial charge is 0.148 e. The third-order valence-corrected chi connectivity index (χ3v) is 11.0. The molecule has 0 aliphatic carbocycles. The summed E-state index contributed by atoms with van der Waals surface area (Å²) in [5, 5.41) is 33.1. The van der Waals surface area contributed by atoms with E-state index in [1.807, 2.05) is 71.0 Å². The SMILES string of the molecule is Cc1cc(Cc2cc(C)c(O)c(C)c2)c([O-])c(Cc2cc(C)c(O)c(C)c2)c1.Cc1ccc([N+](c2ccc(C)cc2)(c2ccc(C)cc2)c2ccc(C)cc2)cc1. The maximum absolute atomic E-state index is 13.1. The molecular weight excluding hydrogens is 699 g/mol. The highest BCUT2D eigenvalue weighted by Gasteiger charge is 2.39. The van der Waals surface area contributed by atoms with Crippen LogP contribution in [0.3, 0.4) is 0 Å². The zero-order chi connectivity index (χ0) is 41.0. The van der Waals surface area contributed by atoms with Crippen LogP contribution in [0.25, 0.3) is 0 Å². The summed E-state index contributed by atoms with van der Waals surface area (Å²) < 4.78 is 0.557. The fourth-order valence-electron chi connectivity index (χ4n) is 7.89. The molecule has 7 aromatic carbocycles. The standard InChI is InChI=1S/C28H28N.C25H28O3/c1-21-5-13-25(14-6-21)29(26-15-7-22(2)8-16-26,27-17-9-23(3)10-18-27)28-19-11-24(4)12-20-28;1-14-6-21(12-19-8-15(2)23(26)16(3)9-19)25(28)22(7-14)13-20-10-17(4)24(27)18(5)11-20/h5-20H,1-4H3;6-11,26-28H,12-13H2,1-5H3/q+1;/p-1. The summed E-state index contributed by atoms with van der Waals surface area (Å²) in [6.07, 6.45) is 1.09. The van der Waals surface area contributed by atoms with Crippen LogP contribution in [-0.2, 0) is 12.8 Å². The Kier molecular flexibility index (Phi) is 12.1. The van der Waals surface area contributed by atoms with Gasteiger partial charge < -0.3 is 15.3 Å². The number of phenols is 2.